The van der Waals surface area contributed by atoms with E-state index in [1.165, 1.54) is 89.9 Å². The summed E-state index contributed by atoms with van der Waals surface area (Å²) in [7, 11) is 0. The summed E-state index contributed by atoms with van der Waals surface area (Å²) in [6.45, 7) is 6.45. The molecular formula is C51H88O6. The van der Waals surface area contributed by atoms with Gasteiger partial charge < -0.3 is 14.2 Å². The fraction of sp³-hybridized carbons (Fsp3) is 0.745. The Balaban J connectivity index is 4.45. The van der Waals surface area contributed by atoms with E-state index in [2.05, 4.69) is 81.5 Å². The van der Waals surface area contributed by atoms with Crippen molar-refractivity contribution in [1.29, 1.82) is 0 Å². The first-order chi connectivity index (χ1) is 28.0. The maximum absolute atomic E-state index is 12.7. The predicted octanol–water partition coefficient (Wildman–Crippen LogP) is 15.3. The molecule has 0 fully saturated rings. The van der Waals surface area contributed by atoms with Crippen LogP contribution in [0.5, 0.6) is 0 Å². The number of carbonyl (C=O) groups excluding carboxylic acids is 3. The molecular weight excluding hydrogens is 709 g/mol. The number of ether oxygens (including phenoxy) is 3. The van der Waals surface area contributed by atoms with Crippen LogP contribution in [0.15, 0.2) is 60.8 Å². The second-order valence-corrected chi connectivity index (χ2v) is 15.6. The molecule has 0 saturated heterocycles. The zero-order chi connectivity index (χ0) is 41.5. The van der Waals surface area contributed by atoms with Crippen LogP contribution in [-0.4, -0.2) is 37.2 Å². The molecule has 0 aliphatic heterocycles. The number of hydrogen-bond acceptors (Lipinski definition) is 6. The summed E-state index contributed by atoms with van der Waals surface area (Å²) in [6.07, 6.45) is 54.9. The summed E-state index contributed by atoms with van der Waals surface area (Å²) in [5, 5.41) is 0. The van der Waals surface area contributed by atoms with Crippen molar-refractivity contribution < 1.29 is 28.6 Å². The first kappa shape index (κ1) is 54.1. The van der Waals surface area contributed by atoms with Crippen LogP contribution in [0, 0.1) is 0 Å². The van der Waals surface area contributed by atoms with Crippen molar-refractivity contribution in [1.82, 2.24) is 0 Å². The van der Waals surface area contributed by atoms with Gasteiger partial charge in [-0.2, -0.15) is 0 Å². The first-order valence-corrected chi connectivity index (χ1v) is 23.8. The summed E-state index contributed by atoms with van der Waals surface area (Å²) in [5.41, 5.74) is 0. The smallest absolute Gasteiger partial charge is 0.306 e. The Bertz CT molecular complexity index is 1050. The van der Waals surface area contributed by atoms with Crippen LogP contribution in [-0.2, 0) is 28.6 Å². The molecule has 328 valence electrons. The Hall–Kier alpha value is -2.89. The molecule has 0 bridgehead atoms. The minimum absolute atomic E-state index is 0.0894. The Morgan fingerprint density at radius 3 is 1.14 bits per heavy atom. The van der Waals surface area contributed by atoms with E-state index < -0.39 is 6.10 Å². The van der Waals surface area contributed by atoms with Gasteiger partial charge in [-0.05, 0) is 83.5 Å². The third-order valence-corrected chi connectivity index (χ3v) is 10.0. The molecule has 0 aromatic carbocycles. The van der Waals surface area contributed by atoms with E-state index in [9.17, 15) is 14.4 Å². The fourth-order valence-electron chi connectivity index (χ4n) is 6.43. The van der Waals surface area contributed by atoms with Crippen molar-refractivity contribution in [2.45, 2.75) is 232 Å². The van der Waals surface area contributed by atoms with Crippen LogP contribution in [0.3, 0.4) is 0 Å². The van der Waals surface area contributed by atoms with E-state index >= 15 is 0 Å². The van der Waals surface area contributed by atoms with Gasteiger partial charge in [0.25, 0.3) is 0 Å². The summed E-state index contributed by atoms with van der Waals surface area (Å²) in [4.78, 5) is 37.8. The summed E-state index contributed by atoms with van der Waals surface area (Å²) >= 11 is 0. The number of unbranched alkanes of at least 4 members (excludes halogenated alkanes) is 21. The molecule has 6 heteroatoms. The van der Waals surface area contributed by atoms with Crippen molar-refractivity contribution in [2.75, 3.05) is 13.2 Å². The van der Waals surface area contributed by atoms with Gasteiger partial charge in [-0.15, -0.1) is 0 Å². The topological polar surface area (TPSA) is 78.9 Å². The molecule has 57 heavy (non-hydrogen) atoms. The molecule has 6 nitrogen and oxygen atoms in total. The number of carbonyl (C=O) groups is 3. The number of esters is 3. The highest BCUT2D eigenvalue weighted by Crippen LogP contribution is 2.14. The predicted molar refractivity (Wildman–Crippen MR) is 242 cm³/mol. The molecule has 0 saturated carbocycles. The monoisotopic (exact) mass is 797 g/mol. The van der Waals surface area contributed by atoms with Crippen molar-refractivity contribution in [3.63, 3.8) is 0 Å². The van der Waals surface area contributed by atoms with Crippen LogP contribution >= 0.6 is 0 Å². The lowest BCUT2D eigenvalue weighted by Gasteiger charge is -2.18. The standard InChI is InChI=1S/C51H88O6/c1-4-7-10-13-16-19-22-24-25-27-29-32-35-38-41-44-50(53)56-47-48(46-55-49(52)43-40-37-34-31-28-21-18-15-12-9-6-3)57-51(54)45-42-39-36-33-30-26-23-20-17-14-11-8-5-2/h7,10,16,19-20,23-25,29,32,48H,4-6,8-9,11-15,17-18,21-22,26-28,30-31,33-47H2,1-3H3/b10-7-,19-16-,23-20-,25-24-,32-29-. The lowest BCUT2D eigenvalue weighted by Crippen LogP contribution is -2.30. The average Bonchev–Trinajstić information content (AvgIpc) is 3.21. The Labute approximate surface area is 351 Å². The van der Waals surface area contributed by atoms with Crippen LogP contribution in [0.2, 0.25) is 0 Å². The molecule has 0 aromatic heterocycles. The molecule has 1 unspecified atom stereocenters. The van der Waals surface area contributed by atoms with Gasteiger partial charge in [-0.3, -0.25) is 14.4 Å². The van der Waals surface area contributed by atoms with Gasteiger partial charge in [0.1, 0.15) is 13.2 Å². The summed E-state index contributed by atoms with van der Waals surface area (Å²) in [5.74, 6) is -0.943. The van der Waals surface area contributed by atoms with E-state index in [0.717, 1.165) is 96.3 Å². The molecule has 0 amide bonds. The maximum Gasteiger partial charge on any atom is 0.306 e. The largest absolute Gasteiger partial charge is 0.462 e. The minimum atomic E-state index is -0.791. The van der Waals surface area contributed by atoms with Gasteiger partial charge >= 0.3 is 17.9 Å². The molecule has 0 rings (SSSR count). The van der Waals surface area contributed by atoms with Gasteiger partial charge in [0.05, 0.1) is 0 Å². The lowest BCUT2D eigenvalue weighted by atomic mass is 10.1. The van der Waals surface area contributed by atoms with Crippen molar-refractivity contribution in [3.8, 4) is 0 Å². The number of rotatable bonds is 42. The minimum Gasteiger partial charge on any atom is -0.462 e. The van der Waals surface area contributed by atoms with E-state index in [-0.39, 0.29) is 31.1 Å². The van der Waals surface area contributed by atoms with Crippen LogP contribution in [0.25, 0.3) is 0 Å². The first-order valence-electron chi connectivity index (χ1n) is 23.8. The molecule has 0 aromatic rings. The molecule has 0 aliphatic carbocycles. The normalized spacial score (nSPS) is 12.5. The Morgan fingerprint density at radius 2 is 0.684 bits per heavy atom. The quantitative estimate of drug-likeness (QED) is 0.0265. The Kier molecular flexibility index (Phi) is 43.5. The van der Waals surface area contributed by atoms with Crippen molar-refractivity contribution in [3.05, 3.63) is 60.8 Å². The van der Waals surface area contributed by atoms with Gasteiger partial charge in [0.15, 0.2) is 6.10 Å². The van der Waals surface area contributed by atoms with Crippen LogP contribution in [0.4, 0.5) is 0 Å². The van der Waals surface area contributed by atoms with E-state index in [0.29, 0.717) is 19.3 Å². The number of hydrogen-bond donors (Lipinski definition) is 0. The fourth-order valence-corrected chi connectivity index (χ4v) is 6.43. The molecule has 1 atom stereocenters. The molecule has 0 N–H and O–H groups in total. The van der Waals surface area contributed by atoms with Crippen molar-refractivity contribution >= 4 is 17.9 Å². The zero-order valence-electron chi connectivity index (χ0n) is 37.3. The molecule has 0 heterocycles. The van der Waals surface area contributed by atoms with Gasteiger partial charge in [0.2, 0.25) is 0 Å². The number of allylic oxidation sites excluding steroid dienone is 10. The van der Waals surface area contributed by atoms with Gasteiger partial charge in [-0.25, -0.2) is 0 Å². The third-order valence-electron chi connectivity index (χ3n) is 10.0. The molecule has 0 aliphatic rings. The highest BCUT2D eigenvalue weighted by atomic mass is 16.6. The summed E-state index contributed by atoms with van der Waals surface area (Å²) < 4.78 is 16.7. The van der Waals surface area contributed by atoms with E-state index in [1.54, 1.807) is 0 Å². The zero-order valence-corrected chi connectivity index (χ0v) is 37.3. The van der Waals surface area contributed by atoms with E-state index in [1.807, 2.05) is 0 Å². The second-order valence-electron chi connectivity index (χ2n) is 15.6. The Morgan fingerprint density at radius 1 is 0.368 bits per heavy atom. The SMILES string of the molecule is CC/C=C\C/C=C\C/C=C\C/C=C\CCCCC(=O)OCC(COC(=O)CCCCCCCCCCCCC)OC(=O)CCCCCCC/C=C\CCCCCC. The molecule has 0 spiro atoms. The highest BCUT2D eigenvalue weighted by Gasteiger charge is 2.19. The lowest BCUT2D eigenvalue weighted by molar-refractivity contribution is -0.167. The third kappa shape index (κ3) is 44.1. The van der Waals surface area contributed by atoms with Crippen molar-refractivity contribution in [2.24, 2.45) is 0 Å². The van der Waals surface area contributed by atoms with Crippen LogP contribution < -0.4 is 0 Å². The van der Waals surface area contributed by atoms with Crippen LogP contribution in [0.1, 0.15) is 226 Å². The van der Waals surface area contributed by atoms with Gasteiger partial charge in [-0.1, -0.05) is 184 Å². The van der Waals surface area contributed by atoms with E-state index in [4.69, 9.17) is 14.2 Å². The average molecular weight is 797 g/mol. The maximum atomic E-state index is 12.7. The highest BCUT2D eigenvalue weighted by molar-refractivity contribution is 5.71. The summed E-state index contributed by atoms with van der Waals surface area (Å²) in [6, 6.07) is 0. The second kappa shape index (κ2) is 45.8. The van der Waals surface area contributed by atoms with Gasteiger partial charge in [0, 0.05) is 19.3 Å². The molecule has 0 radical (unpaired) electrons.